The number of urea groups is 2. The Kier molecular flexibility index (Phi) is 6.41. The number of hydrogen-bond donors (Lipinski definition) is 3. The second kappa shape index (κ2) is 8.96. The molecule has 0 unspecified atom stereocenters. The van der Waals surface area contributed by atoms with E-state index < -0.39 is 68.1 Å². The Morgan fingerprint density at radius 1 is 1.14 bits per heavy atom. The minimum Gasteiger partial charge on any atom is -0.480 e. The van der Waals surface area contributed by atoms with Gasteiger partial charge in [-0.1, -0.05) is 30.3 Å². The van der Waals surface area contributed by atoms with Crippen LogP contribution in [0.4, 0.5) is 9.59 Å². The van der Waals surface area contributed by atoms with Crippen LogP contribution in [0.25, 0.3) is 0 Å². The Morgan fingerprint density at radius 2 is 1.78 bits per heavy atom. The summed E-state index contributed by atoms with van der Waals surface area (Å²) in [4.78, 5) is 65.0. The second-order valence-electron chi connectivity index (χ2n) is 9.15. The number of carboxylic acid groups (broad SMARTS) is 1. The van der Waals surface area contributed by atoms with E-state index in [0.29, 0.717) is 14.8 Å². The van der Waals surface area contributed by atoms with Crippen LogP contribution in [0.5, 0.6) is 0 Å². The monoisotopic (exact) mass is 539 g/mol. The molecule has 194 valence electrons. The summed E-state index contributed by atoms with van der Waals surface area (Å²) in [5.74, 6) is -2.42. The van der Waals surface area contributed by atoms with E-state index in [1.54, 1.807) is 44.2 Å². The van der Waals surface area contributed by atoms with Crippen molar-refractivity contribution >= 4 is 51.6 Å². The van der Waals surface area contributed by atoms with Gasteiger partial charge in [-0.05, 0) is 19.4 Å². The number of carbonyl (C=O) groups excluding carboxylic acids is 4. The lowest BCUT2D eigenvalue weighted by Crippen LogP contribution is -2.71. The summed E-state index contributed by atoms with van der Waals surface area (Å²) < 4.78 is 23.3. The highest BCUT2D eigenvalue weighted by Crippen LogP contribution is 2.50. The maximum atomic E-state index is 13.3. The number of nitrogens with one attached hydrogen (secondary N) is 2. The van der Waals surface area contributed by atoms with Crippen molar-refractivity contribution in [3.8, 4) is 0 Å². The van der Waals surface area contributed by atoms with E-state index in [-0.39, 0.29) is 13.1 Å². The summed E-state index contributed by atoms with van der Waals surface area (Å²) >= 11 is 1.26. The van der Waals surface area contributed by atoms with E-state index in [1.807, 2.05) is 0 Å². The first-order chi connectivity index (χ1) is 16.7. The van der Waals surface area contributed by atoms with Crippen molar-refractivity contribution in [2.45, 2.75) is 42.1 Å². The SMILES string of the molecule is CC1(C)S[C@H]2[C@@H](NC(=O)[C@H](NC(=O)N3CCN(S(C)(=O)=O)C3=O)c3ccccc3)C(=O)N2[C@@H]1C(=O)O. The molecule has 3 fully saturated rings. The third-order valence-electron chi connectivity index (χ3n) is 6.25. The van der Waals surface area contributed by atoms with Crippen molar-refractivity contribution in [1.82, 2.24) is 24.7 Å². The second-order valence-corrected chi connectivity index (χ2v) is 12.8. The number of carboxylic acids is 1. The number of carbonyl (C=O) groups is 5. The van der Waals surface area contributed by atoms with Gasteiger partial charge in [0.2, 0.25) is 21.8 Å². The minimum atomic E-state index is -3.87. The van der Waals surface area contributed by atoms with E-state index >= 15 is 0 Å². The van der Waals surface area contributed by atoms with Gasteiger partial charge in [0.25, 0.3) is 0 Å². The molecule has 36 heavy (non-hydrogen) atoms. The summed E-state index contributed by atoms with van der Waals surface area (Å²) in [7, 11) is -3.87. The van der Waals surface area contributed by atoms with Crippen molar-refractivity contribution in [2.24, 2.45) is 0 Å². The highest BCUT2D eigenvalue weighted by molar-refractivity contribution is 8.01. The molecule has 3 saturated heterocycles. The summed E-state index contributed by atoms with van der Waals surface area (Å²) in [6.45, 7) is 3.02. The molecule has 3 aliphatic heterocycles. The molecule has 1 aromatic carbocycles. The van der Waals surface area contributed by atoms with Gasteiger partial charge in [0.05, 0.1) is 19.3 Å². The van der Waals surface area contributed by atoms with Gasteiger partial charge < -0.3 is 20.6 Å². The molecule has 0 bridgehead atoms. The van der Waals surface area contributed by atoms with Crippen LogP contribution in [0.15, 0.2) is 30.3 Å². The third kappa shape index (κ3) is 4.36. The molecule has 0 saturated carbocycles. The number of sulfonamides is 1. The fourth-order valence-corrected chi connectivity index (χ4v) is 6.96. The lowest BCUT2D eigenvalue weighted by atomic mass is 9.95. The summed E-state index contributed by atoms with van der Waals surface area (Å²) in [5, 5.41) is 14.0. The number of thioether (sulfide) groups is 1. The summed E-state index contributed by atoms with van der Waals surface area (Å²) in [5.41, 5.74) is 0.362. The molecular weight excluding hydrogens is 514 g/mol. The van der Waals surface area contributed by atoms with Gasteiger partial charge in [0.15, 0.2) is 0 Å². The molecule has 6 amide bonds. The van der Waals surface area contributed by atoms with Crippen LogP contribution in [0, 0.1) is 0 Å². The number of amides is 6. The van der Waals surface area contributed by atoms with E-state index in [0.717, 1.165) is 6.26 Å². The molecule has 3 N–H and O–H groups in total. The summed E-state index contributed by atoms with van der Waals surface area (Å²) in [6, 6.07) is 2.76. The van der Waals surface area contributed by atoms with Gasteiger partial charge in [0, 0.05) is 4.75 Å². The number of imide groups is 1. The van der Waals surface area contributed by atoms with E-state index in [9.17, 15) is 37.5 Å². The molecule has 15 heteroatoms. The first-order valence-electron chi connectivity index (χ1n) is 10.9. The number of benzene rings is 1. The quantitative estimate of drug-likeness (QED) is 0.413. The molecule has 3 aliphatic rings. The van der Waals surface area contributed by atoms with Crippen LogP contribution < -0.4 is 10.6 Å². The molecule has 1 aromatic rings. The Hall–Kier alpha value is -3.33. The molecule has 0 aliphatic carbocycles. The zero-order valence-corrected chi connectivity index (χ0v) is 21.2. The highest BCUT2D eigenvalue weighted by Gasteiger charge is 2.64. The zero-order chi connectivity index (χ0) is 26.6. The van der Waals surface area contributed by atoms with Crippen molar-refractivity contribution in [2.75, 3.05) is 19.3 Å². The molecule has 0 aromatic heterocycles. The maximum Gasteiger partial charge on any atom is 0.341 e. The van der Waals surface area contributed by atoms with Crippen molar-refractivity contribution in [1.29, 1.82) is 0 Å². The minimum absolute atomic E-state index is 0.193. The van der Waals surface area contributed by atoms with Gasteiger partial charge in [-0.2, -0.15) is 0 Å². The first-order valence-corrected chi connectivity index (χ1v) is 13.6. The highest BCUT2D eigenvalue weighted by atomic mass is 32.2. The van der Waals surface area contributed by atoms with Crippen LogP contribution >= 0.6 is 11.8 Å². The normalized spacial score (nSPS) is 25.8. The van der Waals surface area contributed by atoms with Crippen LogP contribution in [0.2, 0.25) is 0 Å². The van der Waals surface area contributed by atoms with Gasteiger partial charge in [-0.3, -0.25) is 9.59 Å². The van der Waals surface area contributed by atoms with Crippen molar-refractivity contribution in [3.05, 3.63) is 35.9 Å². The number of hydrogen-bond acceptors (Lipinski definition) is 8. The summed E-state index contributed by atoms with van der Waals surface area (Å²) in [6.07, 6.45) is 0.850. The number of nitrogens with zero attached hydrogens (tertiary/aromatic N) is 3. The molecule has 0 radical (unpaired) electrons. The number of β-lactam (4-membered cyclic amide) rings is 1. The van der Waals surface area contributed by atoms with Crippen LogP contribution in [-0.2, 0) is 24.4 Å². The first kappa shape index (κ1) is 25.8. The Morgan fingerprint density at radius 3 is 2.33 bits per heavy atom. The third-order valence-corrected chi connectivity index (χ3v) is 8.96. The van der Waals surface area contributed by atoms with Gasteiger partial charge in [-0.25, -0.2) is 32.0 Å². The van der Waals surface area contributed by atoms with Crippen molar-refractivity contribution < 1.29 is 37.5 Å². The topological polar surface area (TPSA) is 173 Å². The fourth-order valence-electron chi connectivity index (χ4n) is 4.54. The molecule has 3 heterocycles. The predicted octanol–water partition coefficient (Wildman–Crippen LogP) is -0.234. The van der Waals surface area contributed by atoms with Gasteiger partial charge in [-0.15, -0.1) is 11.8 Å². The standard InChI is InChI=1S/C21H25N5O8S2/c1-21(2)14(18(29)30)26-16(28)13(17(26)35-21)22-15(27)12(11-7-5-4-6-8-11)23-19(31)24-9-10-25(20(24)32)36(3,33)34/h4-8,12-14,17H,9-10H2,1-3H3,(H,22,27)(H,23,31)(H,29,30)/t12-,13+,14-,17+/m1/s1. The van der Waals surface area contributed by atoms with Gasteiger partial charge >= 0.3 is 18.0 Å². The average molecular weight is 540 g/mol. The lowest BCUT2D eigenvalue weighted by molar-refractivity contribution is -0.161. The average Bonchev–Trinajstić information content (AvgIpc) is 3.31. The van der Waals surface area contributed by atoms with E-state index in [1.165, 1.54) is 16.7 Å². The smallest absolute Gasteiger partial charge is 0.341 e. The van der Waals surface area contributed by atoms with Crippen molar-refractivity contribution in [3.63, 3.8) is 0 Å². The Labute approximate surface area is 211 Å². The van der Waals surface area contributed by atoms with Crippen LogP contribution in [0.3, 0.4) is 0 Å². The number of aliphatic carboxylic acids is 1. The lowest BCUT2D eigenvalue weighted by Gasteiger charge is -2.44. The number of rotatable bonds is 6. The van der Waals surface area contributed by atoms with Crippen LogP contribution in [0.1, 0.15) is 25.5 Å². The largest absolute Gasteiger partial charge is 0.480 e. The predicted molar refractivity (Wildman–Crippen MR) is 127 cm³/mol. The molecular formula is C21H25N5O8S2. The molecule has 13 nitrogen and oxygen atoms in total. The Bertz CT molecular complexity index is 1240. The molecule has 4 rings (SSSR count). The number of fused-ring (bicyclic) bond motifs is 1. The van der Waals surface area contributed by atoms with E-state index in [4.69, 9.17) is 0 Å². The maximum absolute atomic E-state index is 13.3. The van der Waals surface area contributed by atoms with E-state index in [2.05, 4.69) is 10.6 Å². The fraction of sp³-hybridized carbons (Fsp3) is 0.476. The van der Waals surface area contributed by atoms with Gasteiger partial charge in [0.1, 0.15) is 23.5 Å². The zero-order valence-electron chi connectivity index (χ0n) is 19.6. The van der Waals surface area contributed by atoms with Crippen LogP contribution in [-0.4, -0.2) is 99.0 Å². The molecule has 0 spiro atoms. The molecule has 4 atom stereocenters. The Balaban J connectivity index is 1.51.